The van der Waals surface area contributed by atoms with Crippen LogP contribution in [0.4, 0.5) is 0 Å². The van der Waals surface area contributed by atoms with Gasteiger partial charge in [0.05, 0.1) is 6.61 Å². The molecule has 0 fully saturated rings. The standard InChI is InChI=1S/C11H14ClN3O/c1-8-4-2-3-5-9(8)7-16-10-6-13-15-11(12)14-10/h2-3,6,8-9H,4-5,7H2,1H3. The van der Waals surface area contributed by atoms with Crippen molar-refractivity contribution in [1.82, 2.24) is 15.2 Å². The molecule has 4 nitrogen and oxygen atoms in total. The van der Waals surface area contributed by atoms with Crippen molar-refractivity contribution < 1.29 is 4.74 Å². The van der Waals surface area contributed by atoms with E-state index in [1.54, 1.807) is 0 Å². The lowest BCUT2D eigenvalue weighted by Gasteiger charge is -2.24. The minimum absolute atomic E-state index is 0.120. The molecule has 0 bridgehead atoms. The number of halogens is 1. The van der Waals surface area contributed by atoms with Gasteiger partial charge in [-0.2, -0.15) is 10.1 Å². The van der Waals surface area contributed by atoms with Gasteiger partial charge < -0.3 is 4.74 Å². The maximum atomic E-state index is 5.62. The molecule has 1 heterocycles. The van der Waals surface area contributed by atoms with Crippen molar-refractivity contribution >= 4 is 11.6 Å². The van der Waals surface area contributed by atoms with E-state index in [2.05, 4.69) is 34.3 Å². The van der Waals surface area contributed by atoms with Crippen molar-refractivity contribution in [3.63, 3.8) is 0 Å². The molecule has 1 aromatic heterocycles. The summed E-state index contributed by atoms with van der Waals surface area (Å²) in [5.74, 6) is 1.63. The molecule has 1 aromatic rings. The van der Waals surface area contributed by atoms with E-state index in [1.807, 2.05) is 0 Å². The lowest BCUT2D eigenvalue weighted by Crippen LogP contribution is -2.21. The first kappa shape index (κ1) is 11.3. The molecule has 2 atom stereocenters. The van der Waals surface area contributed by atoms with E-state index in [0.717, 1.165) is 12.8 Å². The van der Waals surface area contributed by atoms with Crippen molar-refractivity contribution in [3.05, 3.63) is 23.6 Å². The molecule has 0 aliphatic heterocycles. The third kappa shape index (κ3) is 2.92. The smallest absolute Gasteiger partial charge is 0.246 e. The summed E-state index contributed by atoms with van der Waals surface area (Å²) in [4.78, 5) is 3.93. The Bertz CT molecular complexity index is 383. The molecule has 0 saturated carbocycles. The van der Waals surface area contributed by atoms with Gasteiger partial charge in [-0.15, -0.1) is 5.10 Å². The van der Waals surface area contributed by atoms with Crippen molar-refractivity contribution in [3.8, 4) is 5.88 Å². The quantitative estimate of drug-likeness (QED) is 0.761. The highest BCUT2D eigenvalue weighted by Crippen LogP contribution is 2.25. The number of nitrogens with zero attached hydrogens (tertiary/aromatic N) is 3. The van der Waals surface area contributed by atoms with Gasteiger partial charge in [0.1, 0.15) is 6.20 Å². The molecule has 16 heavy (non-hydrogen) atoms. The molecule has 2 rings (SSSR count). The SMILES string of the molecule is CC1CC=CCC1COc1cnnc(Cl)n1. The predicted octanol–water partition coefficient (Wildman–Crippen LogP) is 2.51. The summed E-state index contributed by atoms with van der Waals surface area (Å²) in [5, 5.41) is 7.37. The van der Waals surface area contributed by atoms with Crippen LogP contribution in [-0.4, -0.2) is 21.8 Å². The number of hydrogen-bond acceptors (Lipinski definition) is 4. The van der Waals surface area contributed by atoms with E-state index in [-0.39, 0.29) is 5.28 Å². The molecule has 86 valence electrons. The van der Waals surface area contributed by atoms with E-state index >= 15 is 0 Å². The molecule has 0 saturated heterocycles. The van der Waals surface area contributed by atoms with Crippen LogP contribution in [0.2, 0.25) is 5.28 Å². The fourth-order valence-electron chi connectivity index (χ4n) is 1.77. The topological polar surface area (TPSA) is 47.9 Å². The van der Waals surface area contributed by atoms with Gasteiger partial charge >= 0.3 is 0 Å². The first-order chi connectivity index (χ1) is 7.75. The zero-order valence-corrected chi connectivity index (χ0v) is 9.89. The Labute approximate surface area is 99.7 Å². The van der Waals surface area contributed by atoms with Crippen LogP contribution in [0.15, 0.2) is 18.3 Å². The van der Waals surface area contributed by atoms with E-state index in [4.69, 9.17) is 16.3 Å². The second-order valence-corrected chi connectivity index (χ2v) is 4.39. The maximum Gasteiger partial charge on any atom is 0.246 e. The summed E-state index contributed by atoms with van der Waals surface area (Å²) in [6, 6.07) is 0. The molecule has 0 spiro atoms. The highest BCUT2D eigenvalue weighted by Gasteiger charge is 2.19. The fraction of sp³-hybridized carbons (Fsp3) is 0.545. The molecule has 0 amide bonds. The molecule has 5 heteroatoms. The van der Waals surface area contributed by atoms with Gasteiger partial charge in [-0.05, 0) is 36.3 Å². The van der Waals surface area contributed by atoms with Crippen LogP contribution in [-0.2, 0) is 0 Å². The molecular weight excluding hydrogens is 226 g/mol. The van der Waals surface area contributed by atoms with Gasteiger partial charge in [-0.25, -0.2) is 0 Å². The van der Waals surface area contributed by atoms with E-state index in [9.17, 15) is 0 Å². The van der Waals surface area contributed by atoms with Crippen molar-refractivity contribution in [2.45, 2.75) is 19.8 Å². The molecule has 1 aliphatic carbocycles. The number of aromatic nitrogens is 3. The Balaban J connectivity index is 1.89. The molecule has 0 radical (unpaired) electrons. The number of allylic oxidation sites excluding steroid dienone is 2. The van der Waals surface area contributed by atoms with Crippen molar-refractivity contribution in [1.29, 1.82) is 0 Å². The lowest BCUT2D eigenvalue weighted by molar-refractivity contribution is 0.191. The van der Waals surface area contributed by atoms with Crippen LogP contribution in [0.3, 0.4) is 0 Å². The maximum absolute atomic E-state index is 5.62. The van der Waals surface area contributed by atoms with Gasteiger partial charge in [-0.3, -0.25) is 0 Å². The van der Waals surface area contributed by atoms with Crippen LogP contribution in [0, 0.1) is 11.8 Å². The van der Waals surface area contributed by atoms with Gasteiger partial charge in [0, 0.05) is 0 Å². The Kier molecular flexibility index (Phi) is 3.72. The summed E-state index contributed by atoms with van der Waals surface area (Å²) < 4.78 is 5.56. The molecule has 1 aliphatic rings. The number of ether oxygens (including phenoxy) is 1. The Morgan fingerprint density at radius 1 is 1.44 bits per heavy atom. The molecule has 0 N–H and O–H groups in total. The second-order valence-electron chi connectivity index (χ2n) is 4.05. The summed E-state index contributed by atoms with van der Waals surface area (Å²) >= 11 is 5.62. The minimum Gasteiger partial charge on any atom is -0.476 e. The Hall–Kier alpha value is -1.16. The third-order valence-corrected chi connectivity index (χ3v) is 3.03. The summed E-state index contributed by atoms with van der Waals surface area (Å²) in [6.45, 7) is 2.89. The number of rotatable bonds is 3. The van der Waals surface area contributed by atoms with Crippen LogP contribution in [0.1, 0.15) is 19.8 Å². The van der Waals surface area contributed by atoms with Crippen LogP contribution < -0.4 is 4.74 Å². The van der Waals surface area contributed by atoms with Gasteiger partial charge in [0.25, 0.3) is 0 Å². The summed E-state index contributed by atoms with van der Waals surface area (Å²) in [6.07, 6.45) is 8.10. The Morgan fingerprint density at radius 3 is 3.00 bits per heavy atom. The van der Waals surface area contributed by atoms with Crippen molar-refractivity contribution in [2.75, 3.05) is 6.61 Å². The summed E-state index contributed by atoms with van der Waals surface area (Å²) in [7, 11) is 0. The fourth-order valence-corrected chi connectivity index (χ4v) is 1.90. The normalized spacial score (nSPS) is 24.4. The van der Waals surface area contributed by atoms with Crippen LogP contribution in [0.5, 0.6) is 5.88 Å². The number of hydrogen-bond donors (Lipinski definition) is 0. The summed E-state index contributed by atoms with van der Waals surface area (Å²) in [5.41, 5.74) is 0. The monoisotopic (exact) mass is 239 g/mol. The minimum atomic E-state index is 0.120. The zero-order valence-electron chi connectivity index (χ0n) is 9.14. The van der Waals surface area contributed by atoms with Gasteiger partial charge in [-0.1, -0.05) is 19.1 Å². The Morgan fingerprint density at radius 2 is 2.25 bits per heavy atom. The second kappa shape index (κ2) is 5.25. The molecular formula is C11H14ClN3O. The highest BCUT2D eigenvalue weighted by molar-refractivity contribution is 6.28. The first-order valence-corrected chi connectivity index (χ1v) is 5.76. The largest absolute Gasteiger partial charge is 0.476 e. The van der Waals surface area contributed by atoms with Crippen molar-refractivity contribution in [2.24, 2.45) is 11.8 Å². The average molecular weight is 240 g/mol. The zero-order chi connectivity index (χ0) is 11.4. The van der Waals surface area contributed by atoms with E-state index in [0.29, 0.717) is 24.3 Å². The molecule has 0 aromatic carbocycles. The first-order valence-electron chi connectivity index (χ1n) is 5.38. The van der Waals surface area contributed by atoms with E-state index < -0.39 is 0 Å². The van der Waals surface area contributed by atoms with E-state index in [1.165, 1.54) is 6.20 Å². The molecule has 2 unspecified atom stereocenters. The lowest BCUT2D eigenvalue weighted by atomic mass is 9.85. The third-order valence-electron chi connectivity index (χ3n) is 2.87. The van der Waals surface area contributed by atoms with Crippen LogP contribution in [0.25, 0.3) is 0 Å². The van der Waals surface area contributed by atoms with Gasteiger partial charge in [0.2, 0.25) is 11.2 Å². The van der Waals surface area contributed by atoms with Crippen LogP contribution >= 0.6 is 11.6 Å². The highest BCUT2D eigenvalue weighted by atomic mass is 35.5. The van der Waals surface area contributed by atoms with Gasteiger partial charge in [0.15, 0.2) is 0 Å². The predicted molar refractivity (Wildman–Crippen MR) is 61.4 cm³/mol. The average Bonchev–Trinajstić information content (AvgIpc) is 2.28.